The fraction of sp³-hybridized carbons (Fsp3) is 0.625. The van der Waals surface area contributed by atoms with Crippen LogP contribution in [0.15, 0.2) is 23.3 Å². The summed E-state index contributed by atoms with van der Waals surface area (Å²) in [5, 5.41) is 0. The van der Waals surface area contributed by atoms with Crippen LogP contribution in [0.3, 0.4) is 0 Å². The molecule has 2 heterocycles. The summed E-state index contributed by atoms with van der Waals surface area (Å²) >= 11 is 0. The maximum atomic E-state index is 12.8. The van der Waals surface area contributed by atoms with Gasteiger partial charge in [-0.15, -0.1) is 0 Å². The Morgan fingerprint density at radius 3 is 2.41 bits per heavy atom. The number of imidazole rings is 1. The van der Waals surface area contributed by atoms with Crippen molar-refractivity contribution < 1.29 is 19.1 Å². The molecule has 0 unspecified atom stereocenters. The molecular formula is C24H35N5O5. The number of carbonyl (C=O) groups excluding carboxylic acids is 2. The summed E-state index contributed by atoms with van der Waals surface area (Å²) in [6.07, 6.45) is 4.10. The number of aromatic amines is 1. The van der Waals surface area contributed by atoms with Crippen molar-refractivity contribution in [3.05, 3.63) is 28.8 Å². The van der Waals surface area contributed by atoms with E-state index in [9.17, 15) is 14.4 Å². The molecule has 2 aromatic rings. The molecule has 34 heavy (non-hydrogen) atoms. The predicted octanol–water partition coefficient (Wildman–Crippen LogP) is 3.15. The van der Waals surface area contributed by atoms with Crippen LogP contribution in [0.4, 0.5) is 5.95 Å². The summed E-state index contributed by atoms with van der Waals surface area (Å²) in [5.41, 5.74) is 6.45. The molecule has 3 atom stereocenters. The smallest absolute Gasteiger partial charge is 0.309 e. The number of hydrogen-bond donors (Lipinski definition) is 2. The Kier molecular flexibility index (Phi) is 8.11. The van der Waals surface area contributed by atoms with Crippen LogP contribution in [0.2, 0.25) is 0 Å². The molecule has 0 spiro atoms. The van der Waals surface area contributed by atoms with Crippen molar-refractivity contribution in [2.45, 2.75) is 71.9 Å². The fourth-order valence-electron chi connectivity index (χ4n) is 4.62. The average molecular weight is 474 g/mol. The van der Waals surface area contributed by atoms with E-state index in [2.05, 4.69) is 21.5 Å². The lowest BCUT2D eigenvalue weighted by atomic mass is 10.0. The molecule has 3 rings (SSSR count). The predicted molar refractivity (Wildman–Crippen MR) is 128 cm³/mol. The molecular weight excluding hydrogens is 438 g/mol. The van der Waals surface area contributed by atoms with Crippen LogP contribution >= 0.6 is 0 Å². The quantitative estimate of drug-likeness (QED) is 0.396. The number of carbonyl (C=O) groups is 2. The number of rotatable bonds is 10. The van der Waals surface area contributed by atoms with E-state index in [0.717, 1.165) is 0 Å². The first-order chi connectivity index (χ1) is 16.2. The van der Waals surface area contributed by atoms with Gasteiger partial charge in [0, 0.05) is 5.92 Å². The van der Waals surface area contributed by atoms with Crippen LogP contribution in [0.5, 0.6) is 0 Å². The molecule has 0 radical (unpaired) electrons. The zero-order chi connectivity index (χ0) is 25.0. The Morgan fingerprint density at radius 1 is 1.18 bits per heavy atom. The number of esters is 2. The maximum Gasteiger partial charge on any atom is 0.309 e. The van der Waals surface area contributed by atoms with Crippen molar-refractivity contribution >= 4 is 29.1 Å². The lowest BCUT2D eigenvalue weighted by Gasteiger charge is -2.23. The number of hydrogen-bond acceptors (Lipinski definition) is 8. The van der Waals surface area contributed by atoms with Crippen molar-refractivity contribution in [1.29, 1.82) is 0 Å². The third-order valence-electron chi connectivity index (χ3n) is 6.85. The minimum absolute atomic E-state index is 0.0183. The van der Waals surface area contributed by atoms with E-state index < -0.39 is 11.7 Å². The van der Waals surface area contributed by atoms with E-state index in [1.54, 1.807) is 4.57 Å². The second-order valence-electron chi connectivity index (χ2n) is 8.88. The van der Waals surface area contributed by atoms with E-state index in [1.165, 1.54) is 6.33 Å². The molecule has 1 fully saturated rings. The third-order valence-corrected chi connectivity index (χ3v) is 6.85. The molecule has 0 saturated heterocycles. The van der Waals surface area contributed by atoms with Crippen molar-refractivity contribution in [3.8, 4) is 0 Å². The summed E-state index contributed by atoms with van der Waals surface area (Å²) in [6, 6.07) is -0.352. The van der Waals surface area contributed by atoms with E-state index in [-0.39, 0.29) is 53.8 Å². The largest absolute Gasteiger partial charge is 0.465 e. The van der Waals surface area contributed by atoms with Crippen LogP contribution in [0.1, 0.15) is 65.8 Å². The molecule has 1 aliphatic carbocycles. The zero-order valence-corrected chi connectivity index (χ0v) is 20.4. The Bertz CT molecular complexity index is 1100. The maximum absolute atomic E-state index is 12.8. The number of nitrogens with zero attached hydrogens (tertiary/aromatic N) is 3. The van der Waals surface area contributed by atoms with Gasteiger partial charge in [-0.25, -0.2) is 4.98 Å². The topological polar surface area (TPSA) is 142 Å². The third kappa shape index (κ3) is 5.00. The standard InChI is InChI=1S/C24H35N5O5/c1-6-14(7-2)22(31)33-11-16-10-17(13(5)19(16)34-23(32)15(8-3)9-4)29-12-26-18-20(29)27-24(25)28-21(18)30/h12,14-17,19H,5-11H2,1-4H3,(H3,25,27,28,30)/t16-,17+,19-/m1/s1. The van der Waals surface area contributed by atoms with Crippen molar-refractivity contribution in [2.75, 3.05) is 12.3 Å². The van der Waals surface area contributed by atoms with Gasteiger partial charge < -0.3 is 19.8 Å². The first-order valence-electron chi connectivity index (χ1n) is 12.0. The molecule has 1 aliphatic rings. The molecule has 186 valence electrons. The molecule has 10 nitrogen and oxygen atoms in total. The number of nitrogens with two attached hydrogens (primary N) is 1. The van der Waals surface area contributed by atoms with Crippen LogP contribution in [0.25, 0.3) is 11.2 Å². The molecule has 0 aliphatic heterocycles. The molecule has 3 N–H and O–H groups in total. The average Bonchev–Trinajstić information content (AvgIpc) is 3.35. The summed E-state index contributed by atoms with van der Waals surface area (Å²) in [4.78, 5) is 48.4. The number of fused-ring (bicyclic) bond motifs is 1. The monoisotopic (exact) mass is 473 g/mol. The highest BCUT2D eigenvalue weighted by atomic mass is 16.6. The van der Waals surface area contributed by atoms with Crippen LogP contribution < -0.4 is 11.3 Å². The van der Waals surface area contributed by atoms with Crippen LogP contribution in [0, 0.1) is 17.8 Å². The minimum atomic E-state index is -0.635. The van der Waals surface area contributed by atoms with Gasteiger partial charge in [0.15, 0.2) is 11.2 Å². The second kappa shape index (κ2) is 10.8. The van der Waals surface area contributed by atoms with Gasteiger partial charge in [-0.05, 0) is 37.7 Å². The van der Waals surface area contributed by atoms with Gasteiger partial charge in [-0.2, -0.15) is 4.98 Å². The first kappa shape index (κ1) is 25.5. The lowest BCUT2D eigenvalue weighted by molar-refractivity contribution is -0.157. The van der Waals surface area contributed by atoms with Crippen LogP contribution in [-0.2, 0) is 19.1 Å². The van der Waals surface area contributed by atoms with E-state index >= 15 is 0 Å². The molecule has 10 heteroatoms. The number of anilines is 1. The van der Waals surface area contributed by atoms with E-state index in [1.807, 2.05) is 27.7 Å². The minimum Gasteiger partial charge on any atom is -0.465 e. The number of aromatic nitrogens is 4. The summed E-state index contributed by atoms with van der Waals surface area (Å²) < 4.78 is 13.3. The number of H-pyrrole nitrogens is 1. The van der Waals surface area contributed by atoms with Gasteiger partial charge in [-0.1, -0.05) is 34.3 Å². The lowest BCUT2D eigenvalue weighted by Crippen LogP contribution is -2.31. The van der Waals surface area contributed by atoms with E-state index in [4.69, 9.17) is 15.2 Å². The van der Waals surface area contributed by atoms with E-state index in [0.29, 0.717) is 43.3 Å². The highest BCUT2D eigenvalue weighted by Gasteiger charge is 2.43. The molecule has 1 saturated carbocycles. The highest BCUT2D eigenvalue weighted by molar-refractivity contribution is 5.74. The Labute approximate surface area is 198 Å². The van der Waals surface area contributed by atoms with Gasteiger partial charge in [0.05, 0.1) is 30.8 Å². The van der Waals surface area contributed by atoms with Gasteiger partial charge in [0.25, 0.3) is 5.56 Å². The van der Waals surface area contributed by atoms with Gasteiger partial charge in [-0.3, -0.25) is 19.4 Å². The molecule has 0 aromatic carbocycles. The van der Waals surface area contributed by atoms with Crippen molar-refractivity contribution in [2.24, 2.45) is 17.8 Å². The van der Waals surface area contributed by atoms with Crippen molar-refractivity contribution in [3.63, 3.8) is 0 Å². The SMILES string of the molecule is C=C1[C@@H](OC(=O)C(CC)CC)[C@@H](COC(=O)C(CC)CC)C[C@@H]1n1cnc2c(=O)[nH]c(N)nc21. The van der Waals surface area contributed by atoms with Gasteiger partial charge >= 0.3 is 11.9 Å². The van der Waals surface area contributed by atoms with Crippen molar-refractivity contribution in [1.82, 2.24) is 19.5 Å². The highest BCUT2D eigenvalue weighted by Crippen LogP contribution is 2.42. The Hall–Kier alpha value is -3.17. The number of nitrogen functional groups attached to an aromatic ring is 1. The number of ether oxygens (including phenoxy) is 2. The Morgan fingerprint density at radius 2 is 1.79 bits per heavy atom. The molecule has 0 amide bonds. The molecule has 0 bridgehead atoms. The van der Waals surface area contributed by atoms with Crippen LogP contribution in [-0.4, -0.2) is 44.2 Å². The van der Waals surface area contributed by atoms with Gasteiger partial charge in [0.2, 0.25) is 5.95 Å². The van der Waals surface area contributed by atoms with Gasteiger partial charge in [0.1, 0.15) is 6.10 Å². The number of nitrogens with one attached hydrogen (secondary N) is 1. The summed E-state index contributed by atoms with van der Waals surface area (Å²) in [5.74, 6) is -1.22. The summed E-state index contributed by atoms with van der Waals surface area (Å²) in [7, 11) is 0. The molecule has 2 aromatic heterocycles. The fourth-order valence-corrected chi connectivity index (χ4v) is 4.62. The first-order valence-corrected chi connectivity index (χ1v) is 12.0. The Balaban J connectivity index is 1.90. The second-order valence-corrected chi connectivity index (χ2v) is 8.88. The zero-order valence-electron chi connectivity index (χ0n) is 20.4. The normalized spacial score (nSPS) is 20.4. The summed E-state index contributed by atoms with van der Waals surface area (Å²) in [6.45, 7) is 12.1.